The fraction of sp³-hybridized carbons (Fsp3) is 0.143. The predicted molar refractivity (Wildman–Crippen MR) is 76.7 cm³/mol. The van der Waals surface area contributed by atoms with Gasteiger partial charge in [0.1, 0.15) is 5.82 Å². The van der Waals surface area contributed by atoms with Crippen molar-refractivity contribution < 1.29 is 18.8 Å². The lowest BCUT2D eigenvalue weighted by Crippen LogP contribution is -2.23. The Hall–Kier alpha value is -3.03. The summed E-state index contributed by atoms with van der Waals surface area (Å²) >= 11 is 0. The Morgan fingerprint density at radius 1 is 1.36 bits per heavy atom. The zero-order valence-electron chi connectivity index (χ0n) is 11.8. The van der Waals surface area contributed by atoms with Crippen LogP contribution in [0.15, 0.2) is 36.5 Å². The smallest absolute Gasteiger partial charge is 0.274 e. The van der Waals surface area contributed by atoms with Gasteiger partial charge in [0.25, 0.3) is 5.69 Å². The Bertz CT molecular complexity index is 736. The first-order chi connectivity index (χ1) is 10.4. The van der Waals surface area contributed by atoms with Crippen molar-refractivity contribution in [2.75, 3.05) is 12.0 Å². The van der Waals surface area contributed by atoms with Crippen molar-refractivity contribution in [1.29, 1.82) is 0 Å². The summed E-state index contributed by atoms with van der Waals surface area (Å²) in [6, 6.07) is 6.20. The molecule has 1 aromatic carbocycles. The third-order valence-corrected chi connectivity index (χ3v) is 2.88. The third-order valence-electron chi connectivity index (χ3n) is 2.88. The minimum absolute atomic E-state index is 0.0471. The fourth-order valence-electron chi connectivity index (χ4n) is 1.91. The molecule has 1 heterocycles. The first kappa shape index (κ1) is 15.4. The number of anilines is 2. The highest BCUT2D eigenvalue weighted by Gasteiger charge is 2.19. The van der Waals surface area contributed by atoms with Crippen LogP contribution in [0, 0.1) is 15.9 Å². The van der Waals surface area contributed by atoms with Crippen LogP contribution in [0.25, 0.3) is 0 Å². The molecule has 0 fully saturated rings. The van der Waals surface area contributed by atoms with Gasteiger partial charge in [0, 0.05) is 25.3 Å². The highest BCUT2D eigenvalue weighted by atomic mass is 19.1. The summed E-state index contributed by atoms with van der Waals surface area (Å²) in [5.41, 5.74) is 0.0871. The number of benzene rings is 1. The Balaban J connectivity index is 2.53. The molecule has 114 valence electrons. The van der Waals surface area contributed by atoms with E-state index in [0.29, 0.717) is 5.69 Å². The topological polar surface area (TPSA) is 85.6 Å². The van der Waals surface area contributed by atoms with E-state index in [1.54, 1.807) is 0 Å². The first-order valence-corrected chi connectivity index (χ1v) is 6.18. The quantitative estimate of drug-likeness (QED) is 0.640. The van der Waals surface area contributed by atoms with E-state index in [1.807, 2.05) is 0 Å². The lowest BCUT2D eigenvalue weighted by molar-refractivity contribution is -0.384. The molecule has 0 unspecified atom stereocenters. The number of aromatic nitrogens is 1. The molecule has 0 aliphatic carbocycles. The standard InChI is InChI=1S/C14H12FN3O4/c1-9(19)17(10-3-4-12(15)13(7-10)22-2)14-8-11(18(20)21)5-6-16-14/h3-8H,1-2H3. The minimum atomic E-state index is -0.589. The lowest BCUT2D eigenvalue weighted by Gasteiger charge is -2.20. The normalized spacial score (nSPS) is 10.1. The van der Waals surface area contributed by atoms with Crippen LogP contribution in [0.2, 0.25) is 0 Å². The van der Waals surface area contributed by atoms with E-state index in [2.05, 4.69) is 4.98 Å². The molecule has 0 bridgehead atoms. The second-order valence-electron chi connectivity index (χ2n) is 4.30. The van der Waals surface area contributed by atoms with Crippen LogP contribution < -0.4 is 9.64 Å². The Kier molecular flexibility index (Phi) is 4.31. The van der Waals surface area contributed by atoms with Gasteiger partial charge < -0.3 is 4.74 Å². The average Bonchev–Trinajstić information content (AvgIpc) is 2.49. The highest BCUT2D eigenvalue weighted by molar-refractivity contribution is 5.98. The largest absolute Gasteiger partial charge is 0.494 e. The van der Waals surface area contributed by atoms with Crippen LogP contribution in [0.3, 0.4) is 0 Å². The number of rotatable bonds is 4. The van der Waals surface area contributed by atoms with Gasteiger partial charge in [0.2, 0.25) is 5.91 Å². The second kappa shape index (κ2) is 6.17. The van der Waals surface area contributed by atoms with Gasteiger partial charge in [-0.2, -0.15) is 0 Å². The summed E-state index contributed by atoms with van der Waals surface area (Å²) < 4.78 is 18.3. The third kappa shape index (κ3) is 3.00. The molecule has 0 radical (unpaired) electrons. The first-order valence-electron chi connectivity index (χ1n) is 6.18. The van der Waals surface area contributed by atoms with Crippen molar-refractivity contribution in [3.05, 3.63) is 52.5 Å². The van der Waals surface area contributed by atoms with Gasteiger partial charge in [0.05, 0.1) is 23.8 Å². The number of ether oxygens (including phenoxy) is 1. The number of halogens is 1. The number of methoxy groups -OCH3 is 1. The molecule has 1 aromatic heterocycles. The number of nitrogens with zero attached hydrogens (tertiary/aromatic N) is 3. The number of carbonyl (C=O) groups is 1. The van der Waals surface area contributed by atoms with Gasteiger partial charge >= 0.3 is 0 Å². The van der Waals surface area contributed by atoms with E-state index in [9.17, 15) is 19.3 Å². The lowest BCUT2D eigenvalue weighted by atomic mass is 10.2. The second-order valence-corrected chi connectivity index (χ2v) is 4.30. The molecule has 2 aromatic rings. The van der Waals surface area contributed by atoms with E-state index >= 15 is 0 Å². The highest BCUT2D eigenvalue weighted by Crippen LogP contribution is 2.30. The number of amides is 1. The van der Waals surface area contributed by atoms with Gasteiger partial charge in [-0.15, -0.1) is 0 Å². The molecular weight excluding hydrogens is 293 g/mol. The summed E-state index contributed by atoms with van der Waals surface area (Å²) in [5.74, 6) is -0.993. The molecule has 0 aliphatic heterocycles. The van der Waals surface area contributed by atoms with Crippen LogP contribution in [0.1, 0.15) is 6.92 Å². The predicted octanol–water partition coefficient (Wildman–Crippen LogP) is 2.82. The van der Waals surface area contributed by atoms with Gasteiger partial charge in [-0.25, -0.2) is 9.37 Å². The van der Waals surface area contributed by atoms with Gasteiger partial charge in [0.15, 0.2) is 11.6 Å². The van der Waals surface area contributed by atoms with Crippen LogP contribution in [0.5, 0.6) is 5.75 Å². The van der Waals surface area contributed by atoms with E-state index < -0.39 is 16.6 Å². The molecule has 8 heteroatoms. The van der Waals surface area contributed by atoms with Gasteiger partial charge in [-0.05, 0) is 12.1 Å². The number of nitro groups is 1. The van der Waals surface area contributed by atoms with Crippen molar-refractivity contribution in [3.63, 3.8) is 0 Å². The molecule has 0 atom stereocenters. The van der Waals surface area contributed by atoms with Crippen LogP contribution in [0.4, 0.5) is 21.6 Å². The molecule has 0 spiro atoms. The Morgan fingerprint density at radius 2 is 2.09 bits per heavy atom. The van der Waals surface area contributed by atoms with Crippen molar-refractivity contribution in [2.24, 2.45) is 0 Å². The molecule has 7 nitrogen and oxygen atoms in total. The molecule has 0 saturated carbocycles. The van der Waals surface area contributed by atoms with Crippen molar-refractivity contribution in [2.45, 2.75) is 6.92 Å². The van der Waals surface area contributed by atoms with Gasteiger partial charge in [-0.3, -0.25) is 19.8 Å². The zero-order chi connectivity index (χ0) is 16.3. The number of pyridine rings is 1. The molecule has 0 saturated heterocycles. The Morgan fingerprint density at radius 3 is 2.68 bits per heavy atom. The SMILES string of the molecule is COc1cc(N(C(C)=O)c2cc([N+](=O)[O-])ccn2)ccc1F. The fourth-order valence-corrected chi connectivity index (χ4v) is 1.91. The average molecular weight is 305 g/mol. The van der Waals surface area contributed by atoms with E-state index in [-0.39, 0.29) is 17.3 Å². The summed E-state index contributed by atoms with van der Waals surface area (Å²) in [6.07, 6.45) is 1.23. The monoisotopic (exact) mass is 305 g/mol. The van der Waals surface area contributed by atoms with E-state index in [4.69, 9.17) is 4.74 Å². The van der Waals surface area contributed by atoms with Crippen molar-refractivity contribution in [3.8, 4) is 5.75 Å². The van der Waals surface area contributed by atoms with Gasteiger partial charge in [-0.1, -0.05) is 0 Å². The summed E-state index contributed by atoms with van der Waals surface area (Å²) in [6.45, 7) is 1.27. The zero-order valence-corrected chi connectivity index (χ0v) is 11.8. The molecule has 0 aliphatic rings. The number of hydrogen-bond acceptors (Lipinski definition) is 5. The summed E-state index contributed by atoms with van der Waals surface area (Å²) in [7, 11) is 1.30. The van der Waals surface area contributed by atoms with Crippen molar-refractivity contribution in [1.82, 2.24) is 4.98 Å². The number of hydrogen-bond donors (Lipinski definition) is 0. The molecule has 2 rings (SSSR count). The molecule has 22 heavy (non-hydrogen) atoms. The number of carbonyl (C=O) groups excluding carboxylic acids is 1. The minimum Gasteiger partial charge on any atom is -0.494 e. The van der Waals surface area contributed by atoms with Crippen molar-refractivity contribution >= 4 is 23.1 Å². The van der Waals surface area contributed by atoms with E-state index in [0.717, 1.165) is 17.0 Å². The summed E-state index contributed by atoms with van der Waals surface area (Å²) in [4.78, 5) is 27.2. The molecule has 1 amide bonds. The Labute approximate surface area is 125 Å². The molecular formula is C14H12FN3O4. The van der Waals surface area contributed by atoms with Crippen LogP contribution in [-0.2, 0) is 4.79 Å². The van der Waals surface area contributed by atoms with Crippen LogP contribution >= 0.6 is 0 Å². The summed E-state index contributed by atoms with van der Waals surface area (Å²) in [5, 5.41) is 10.8. The maximum Gasteiger partial charge on any atom is 0.274 e. The maximum atomic E-state index is 13.5. The molecule has 0 N–H and O–H groups in total. The maximum absolute atomic E-state index is 13.5. The van der Waals surface area contributed by atoms with E-state index in [1.165, 1.54) is 38.4 Å². The van der Waals surface area contributed by atoms with Crippen LogP contribution in [-0.4, -0.2) is 22.9 Å².